The predicted molar refractivity (Wildman–Crippen MR) is 123 cm³/mol. The predicted octanol–water partition coefficient (Wildman–Crippen LogP) is 4.75. The molecule has 1 aliphatic rings. The monoisotopic (exact) mass is 449 g/mol. The van der Waals surface area contributed by atoms with Gasteiger partial charge in [-0.15, -0.1) is 11.3 Å². The number of hydrogen-bond donors (Lipinski definition) is 1. The second-order valence-electron chi connectivity index (χ2n) is 7.55. The van der Waals surface area contributed by atoms with E-state index in [1.807, 2.05) is 47.8 Å². The Bertz CT molecular complexity index is 1110. The molecule has 0 aliphatic carbocycles. The van der Waals surface area contributed by atoms with E-state index in [2.05, 4.69) is 10.3 Å². The van der Waals surface area contributed by atoms with Crippen LogP contribution in [0.4, 0.5) is 9.93 Å². The summed E-state index contributed by atoms with van der Waals surface area (Å²) in [5.41, 5.74) is 3.11. The lowest BCUT2D eigenvalue weighted by molar-refractivity contribution is -0.120. The number of ketones is 1. The summed E-state index contributed by atoms with van der Waals surface area (Å²) in [6.07, 6.45) is 0.832. The first-order chi connectivity index (χ1) is 15.5. The van der Waals surface area contributed by atoms with Gasteiger partial charge in [0.1, 0.15) is 12.6 Å². The number of Topliss-reactive ketones (excluding diaryl/α,β-unsaturated/α-hetero) is 1. The van der Waals surface area contributed by atoms with Crippen molar-refractivity contribution in [3.05, 3.63) is 71.1 Å². The van der Waals surface area contributed by atoms with Crippen molar-refractivity contribution in [2.75, 3.05) is 11.9 Å². The molecule has 3 aromatic rings. The molecular formula is C24H23N3O4S. The Kier molecular flexibility index (Phi) is 6.61. The summed E-state index contributed by atoms with van der Waals surface area (Å²) in [4.78, 5) is 42.8. The number of rotatable bonds is 6. The number of likely N-dealkylation sites (tertiary alicyclic amines) is 1. The summed E-state index contributed by atoms with van der Waals surface area (Å²) in [6.45, 7) is 2.18. The van der Waals surface area contributed by atoms with E-state index in [0.29, 0.717) is 29.4 Å². The molecule has 32 heavy (non-hydrogen) atoms. The Balaban J connectivity index is 1.36. The Morgan fingerprint density at radius 2 is 1.88 bits per heavy atom. The highest BCUT2D eigenvalue weighted by Gasteiger charge is 2.35. The third-order valence-electron chi connectivity index (χ3n) is 5.32. The van der Waals surface area contributed by atoms with Gasteiger partial charge in [0.25, 0.3) is 0 Å². The van der Waals surface area contributed by atoms with Crippen LogP contribution in [0.2, 0.25) is 0 Å². The number of hydrogen-bond acceptors (Lipinski definition) is 6. The molecular weight excluding hydrogens is 426 g/mol. The Morgan fingerprint density at radius 3 is 2.59 bits per heavy atom. The molecule has 1 fully saturated rings. The van der Waals surface area contributed by atoms with Crippen molar-refractivity contribution in [3.8, 4) is 11.3 Å². The van der Waals surface area contributed by atoms with E-state index in [-0.39, 0.29) is 18.3 Å². The van der Waals surface area contributed by atoms with Gasteiger partial charge in [-0.3, -0.25) is 14.5 Å². The Labute approximate surface area is 190 Å². The number of nitrogens with zero attached hydrogens (tertiary/aromatic N) is 2. The second kappa shape index (κ2) is 9.74. The van der Waals surface area contributed by atoms with Crippen LogP contribution in [0, 0.1) is 0 Å². The first kappa shape index (κ1) is 21.7. The van der Waals surface area contributed by atoms with Crippen LogP contribution in [0.3, 0.4) is 0 Å². The largest absolute Gasteiger partial charge is 0.445 e. The van der Waals surface area contributed by atoms with E-state index in [9.17, 15) is 14.4 Å². The third kappa shape index (κ3) is 5.03. The van der Waals surface area contributed by atoms with Crippen molar-refractivity contribution >= 4 is 34.3 Å². The van der Waals surface area contributed by atoms with E-state index in [4.69, 9.17) is 4.74 Å². The molecule has 2 amide bonds. The van der Waals surface area contributed by atoms with Gasteiger partial charge in [0.15, 0.2) is 10.9 Å². The van der Waals surface area contributed by atoms with Crippen LogP contribution >= 0.6 is 11.3 Å². The molecule has 1 aliphatic heterocycles. The molecule has 8 heteroatoms. The molecule has 1 saturated heterocycles. The fourth-order valence-corrected chi connectivity index (χ4v) is 4.31. The Morgan fingerprint density at radius 1 is 1.12 bits per heavy atom. The van der Waals surface area contributed by atoms with Crippen molar-refractivity contribution in [1.82, 2.24) is 9.88 Å². The number of nitrogens with one attached hydrogen (secondary N) is 1. The summed E-state index contributed by atoms with van der Waals surface area (Å²) in [6, 6.07) is 16.0. The van der Waals surface area contributed by atoms with E-state index in [0.717, 1.165) is 17.5 Å². The van der Waals surface area contributed by atoms with Gasteiger partial charge < -0.3 is 10.1 Å². The fraction of sp³-hybridized carbons (Fsp3) is 0.250. The molecule has 2 aromatic carbocycles. The molecule has 0 spiro atoms. The van der Waals surface area contributed by atoms with Crippen molar-refractivity contribution in [3.63, 3.8) is 0 Å². The number of carbonyl (C=O) groups excluding carboxylic acids is 3. The average molecular weight is 450 g/mol. The first-order valence-electron chi connectivity index (χ1n) is 10.4. The minimum atomic E-state index is -0.583. The van der Waals surface area contributed by atoms with Crippen LogP contribution in [0.15, 0.2) is 60.0 Å². The van der Waals surface area contributed by atoms with Crippen molar-refractivity contribution in [2.24, 2.45) is 0 Å². The normalized spacial score (nSPS) is 15.4. The quantitative estimate of drug-likeness (QED) is 0.549. The standard InChI is InChI=1S/C24H23N3O4S/c1-16(28)18-9-11-19(12-10-18)20-15-32-23(25-20)26-22(29)21-8-5-13-27(21)24(30)31-14-17-6-3-2-4-7-17/h2-4,6-7,9-12,15,21H,5,8,13-14H2,1H3,(H,25,26,29). The van der Waals surface area contributed by atoms with E-state index < -0.39 is 12.1 Å². The molecule has 1 unspecified atom stereocenters. The minimum Gasteiger partial charge on any atom is -0.445 e. The summed E-state index contributed by atoms with van der Waals surface area (Å²) in [5, 5.41) is 5.14. The average Bonchev–Trinajstić information content (AvgIpc) is 3.48. The molecule has 4 rings (SSSR count). The van der Waals surface area contributed by atoms with Gasteiger partial charge in [0.2, 0.25) is 5.91 Å². The summed E-state index contributed by atoms with van der Waals surface area (Å²) in [5.74, 6) is -0.266. The van der Waals surface area contributed by atoms with E-state index in [1.165, 1.54) is 23.2 Å². The first-order valence-corrected chi connectivity index (χ1v) is 11.2. The topological polar surface area (TPSA) is 88.6 Å². The molecule has 0 bridgehead atoms. The van der Waals surface area contributed by atoms with Crippen LogP contribution in [-0.4, -0.2) is 40.3 Å². The maximum atomic E-state index is 12.8. The lowest BCUT2D eigenvalue weighted by atomic mass is 10.1. The zero-order valence-corrected chi connectivity index (χ0v) is 18.4. The maximum absolute atomic E-state index is 12.8. The minimum absolute atomic E-state index is 0.00573. The maximum Gasteiger partial charge on any atom is 0.410 e. The highest BCUT2D eigenvalue weighted by atomic mass is 32.1. The number of aromatic nitrogens is 1. The van der Waals surface area contributed by atoms with Crippen LogP contribution in [0.25, 0.3) is 11.3 Å². The number of thiazole rings is 1. The molecule has 1 N–H and O–H groups in total. The molecule has 7 nitrogen and oxygen atoms in total. The number of amides is 2. The van der Waals surface area contributed by atoms with Crippen LogP contribution in [0.1, 0.15) is 35.7 Å². The Hall–Kier alpha value is -3.52. The zero-order valence-electron chi connectivity index (χ0n) is 17.6. The summed E-state index contributed by atoms with van der Waals surface area (Å²) >= 11 is 1.31. The molecule has 0 saturated carbocycles. The van der Waals surface area contributed by atoms with E-state index >= 15 is 0 Å². The smallest absolute Gasteiger partial charge is 0.410 e. The number of carbonyl (C=O) groups is 3. The zero-order chi connectivity index (χ0) is 22.5. The number of anilines is 1. The van der Waals surface area contributed by atoms with Crippen molar-refractivity contribution in [2.45, 2.75) is 32.4 Å². The van der Waals surface area contributed by atoms with Gasteiger partial charge in [-0.2, -0.15) is 0 Å². The highest BCUT2D eigenvalue weighted by Crippen LogP contribution is 2.27. The van der Waals surface area contributed by atoms with Gasteiger partial charge in [-0.1, -0.05) is 54.6 Å². The van der Waals surface area contributed by atoms with Crippen LogP contribution in [-0.2, 0) is 16.1 Å². The molecule has 1 atom stereocenters. The molecule has 0 radical (unpaired) electrons. The summed E-state index contributed by atoms with van der Waals surface area (Å²) < 4.78 is 5.40. The van der Waals surface area contributed by atoms with Gasteiger partial charge in [0, 0.05) is 23.1 Å². The second-order valence-corrected chi connectivity index (χ2v) is 8.41. The van der Waals surface area contributed by atoms with E-state index in [1.54, 1.807) is 12.1 Å². The van der Waals surface area contributed by atoms with Gasteiger partial charge in [0.05, 0.1) is 5.69 Å². The number of benzene rings is 2. The van der Waals surface area contributed by atoms with Gasteiger partial charge in [-0.05, 0) is 25.3 Å². The molecule has 164 valence electrons. The number of ether oxygens (including phenoxy) is 1. The van der Waals surface area contributed by atoms with Gasteiger partial charge >= 0.3 is 6.09 Å². The van der Waals surface area contributed by atoms with Crippen molar-refractivity contribution in [1.29, 1.82) is 0 Å². The van der Waals surface area contributed by atoms with Crippen molar-refractivity contribution < 1.29 is 19.1 Å². The van der Waals surface area contributed by atoms with Crippen LogP contribution < -0.4 is 5.32 Å². The molecule has 1 aromatic heterocycles. The van der Waals surface area contributed by atoms with Gasteiger partial charge in [-0.25, -0.2) is 9.78 Å². The highest BCUT2D eigenvalue weighted by molar-refractivity contribution is 7.14. The SMILES string of the molecule is CC(=O)c1ccc(-c2csc(NC(=O)C3CCCN3C(=O)OCc3ccccc3)n2)cc1. The summed E-state index contributed by atoms with van der Waals surface area (Å²) in [7, 11) is 0. The lowest BCUT2D eigenvalue weighted by Gasteiger charge is -2.22. The molecule has 2 heterocycles. The lowest BCUT2D eigenvalue weighted by Crippen LogP contribution is -2.43. The fourth-order valence-electron chi connectivity index (χ4n) is 3.59. The van der Waals surface area contributed by atoms with Crippen LogP contribution in [0.5, 0.6) is 0 Å². The third-order valence-corrected chi connectivity index (χ3v) is 6.07.